The fourth-order valence-electron chi connectivity index (χ4n) is 4.32. The minimum atomic E-state index is -3.88. The Bertz CT molecular complexity index is 1290. The Morgan fingerprint density at radius 3 is 2.75 bits per heavy atom. The van der Waals surface area contributed by atoms with Gasteiger partial charge < -0.3 is 14.2 Å². The normalized spacial score (nSPS) is 20.4. The summed E-state index contributed by atoms with van der Waals surface area (Å²) in [6.07, 6.45) is 3.71. The van der Waals surface area contributed by atoms with Gasteiger partial charge >= 0.3 is 0 Å². The summed E-state index contributed by atoms with van der Waals surface area (Å²) >= 11 is 9.50. The number of piperidine rings is 1. The molecule has 2 aromatic heterocycles. The molecule has 1 unspecified atom stereocenters. The number of rotatable bonds is 4. The minimum Gasteiger partial charge on any atom is -0.355 e. The molecular weight excluding hydrogens is 524 g/mol. The molecule has 2 aliphatic rings. The summed E-state index contributed by atoms with van der Waals surface area (Å²) in [5.41, 5.74) is 2.10. The topological polar surface area (TPSA) is 106 Å². The highest BCUT2D eigenvalue weighted by Crippen LogP contribution is 2.36. The van der Waals surface area contributed by atoms with Gasteiger partial charge in [-0.25, -0.2) is 13.4 Å². The number of pyridine rings is 1. The third-order valence-corrected chi connectivity index (χ3v) is 8.46. The highest BCUT2D eigenvalue weighted by Gasteiger charge is 2.38. The van der Waals surface area contributed by atoms with Crippen molar-refractivity contribution in [3.05, 3.63) is 45.7 Å². The molecule has 168 valence electrons. The number of aldehydes is 1. The lowest BCUT2D eigenvalue weighted by Crippen LogP contribution is -2.53. The largest absolute Gasteiger partial charge is 0.355 e. The number of hydrogen-bond acceptors (Lipinski definition) is 8. The molecule has 5 rings (SSSR count). The quantitative estimate of drug-likeness (QED) is 0.463. The second-order valence-corrected chi connectivity index (χ2v) is 10.8. The molecule has 2 aliphatic heterocycles. The molecule has 32 heavy (non-hydrogen) atoms. The van der Waals surface area contributed by atoms with Crippen LogP contribution in [0.25, 0.3) is 11.0 Å². The number of hydrogen-bond donors (Lipinski definition) is 0. The number of anilines is 1. The average Bonchev–Trinajstić information content (AvgIpc) is 3.29. The van der Waals surface area contributed by atoms with Crippen LogP contribution in [0, 0.1) is 0 Å². The smallest absolute Gasteiger partial charge is 0.261 e. The van der Waals surface area contributed by atoms with Crippen LogP contribution in [0.2, 0.25) is 5.02 Å². The van der Waals surface area contributed by atoms with E-state index in [2.05, 4.69) is 26.1 Å². The summed E-state index contributed by atoms with van der Waals surface area (Å²) < 4.78 is 39.8. The minimum absolute atomic E-state index is 0.0503. The molecule has 1 fully saturated rings. The van der Waals surface area contributed by atoms with E-state index in [-0.39, 0.29) is 40.1 Å². The standard InChI is InChI=1S/C20H18BrClN4O5S/c21-13-1-2-17-12(7-13)11-30-18(10-27)26(17)14-3-5-25(6-4-14)32(28,29)20-15-8-24-31-19(15)16(22)9-23-20/h1-2,7-10,14,18H,3-6,11H2. The Morgan fingerprint density at radius 2 is 2.00 bits per heavy atom. The van der Waals surface area contributed by atoms with Gasteiger partial charge in [-0.05, 0) is 31.0 Å². The van der Waals surface area contributed by atoms with Crippen LogP contribution in [0.3, 0.4) is 0 Å². The zero-order valence-electron chi connectivity index (χ0n) is 16.6. The number of halogens is 2. The van der Waals surface area contributed by atoms with E-state index in [1.807, 2.05) is 23.1 Å². The summed E-state index contributed by atoms with van der Waals surface area (Å²) in [4.78, 5) is 17.7. The molecule has 12 heteroatoms. The molecule has 0 N–H and O–H groups in total. The molecule has 0 bridgehead atoms. The van der Waals surface area contributed by atoms with Crippen molar-refractivity contribution in [2.75, 3.05) is 18.0 Å². The molecule has 1 saturated heterocycles. The maximum atomic E-state index is 13.3. The van der Waals surface area contributed by atoms with Gasteiger partial charge in [-0.1, -0.05) is 32.7 Å². The van der Waals surface area contributed by atoms with Crippen molar-refractivity contribution in [3.8, 4) is 0 Å². The molecule has 0 radical (unpaired) electrons. The third kappa shape index (κ3) is 3.61. The fourth-order valence-corrected chi connectivity index (χ4v) is 6.46. The summed E-state index contributed by atoms with van der Waals surface area (Å²) in [6, 6.07) is 5.81. The highest BCUT2D eigenvalue weighted by atomic mass is 79.9. The van der Waals surface area contributed by atoms with Crippen LogP contribution in [-0.4, -0.2) is 54.5 Å². The lowest BCUT2D eigenvalue weighted by atomic mass is 10.0. The van der Waals surface area contributed by atoms with Gasteiger partial charge in [0.2, 0.25) is 0 Å². The number of carbonyl (C=O) groups excluding carboxylic acids is 1. The van der Waals surface area contributed by atoms with Crippen molar-refractivity contribution in [1.82, 2.24) is 14.4 Å². The molecule has 0 amide bonds. The van der Waals surface area contributed by atoms with Crippen molar-refractivity contribution in [2.24, 2.45) is 0 Å². The van der Waals surface area contributed by atoms with Gasteiger partial charge in [0.25, 0.3) is 10.0 Å². The van der Waals surface area contributed by atoms with E-state index >= 15 is 0 Å². The maximum Gasteiger partial charge on any atom is 0.261 e. The van der Waals surface area contributed by atoms with Crippen molar-refractivity contribution < 1.29 is 22.5 Å². The Balaban J connectivity index is 1.40. The monoisotopic (exact) mass is 540 g/mol. The first-order chi connectivity index (χ1) is 15.4. The first-order valence-electron chi connectivity index (χ1n) is 9.93. The van der Waals surface area contributed by atoms with Gasteiger partial charge in [0, 0.05) is 34.9 Å². The van der Waals surface area contributed by atoms with E-state index in [1.165, 1.54) is 16.7 Å². The Labute approximate surface area is 197 Å². The summed E-state index contributed by atoms with van der Waals surface area (Å²) in [5.74, 6) is 0. The van der Waals surface area contributed by atoms with E-state index < -0.39 is 16.3 Å². The molecule has 0 spiro atoms. The van der Waals surface area contributed by atoms with Gasteiger partial charge in [-0.2, -0.15) is 4.31 Å². The summed E-state index contributed by atoms with van der Waals surface area (Å²) in [7, 11) is -3.88. The van der Waals surface area contributed by atoms with Crippen LogP contribution in [0.15, 0.2) is 44.6 Å². The number of fused-ring (bicyclic) bond motifs is 2. The molecule has 1 aromatic carbocycles. The van der Waals surface area contributed by atoms with Crippen LogP contribution in [0.4, 0.5) is 5.69 Å². The molecule has 0 saturated carbocycles. The van der Waals surface area contributed by atoms with E-state index in [4.69, 9.17) is 20.9 Å². The molecule has 9 nitrogen and oxygen atoms in total. The zero-order valence-corrected chi connectivity index (χ0v) is 19.8. The average molecular weight is 542 g/mol. The Kier molecular flexibility index (Phi) is 5.70. The molecule has 3 aromatic rings. The number of sulfonamides is 1. The van der Waals surface area contributed by atoms with E-state index in [9.17, 15) is 13.2 Å². The van der Waals surface area contributed by atoms with Gasteiger partial charge in [-0.15, -0.1) is 0 Å². The Morgan fingerprint density at radius 1 is 1.22 bits per heavy atom. The lowest BCUT2D eigenvalue weighted by Gasteiger charge is -2.44. The third-order valence-electron chi connectivity index (χ3n) is 5.83. The predicted octanol–water partition coefficient (Wildman–Crippen LogP) is 3.35. The first-order valence-corrected chi connectivity index (χ1v) is 12.5. The van der Waals surface area contributed by atoms with E-state index in [0.717, 1.165) is 22.0 Å². The number of nitrogens with zero attached hydrogens (tertiary/aromatic N) is 4. The van der Waals surface area contributed by atoms with Gasteiger partial charge in [0.15, 0.2) is 23.1 Å². The van der Waals surface area contributed by atoms with Crippen LogP contribution < -0.4 is 4.90 Å². The molecule has 4 heterocycles. The van der Waals surface area contributed by atoms with Crippen molar-refractivity contribution in [1.29, 1.82) is 0 Å². The second-order valence-electron chi connectivity index (χ2n) is 7.63. The molecule has 0 aliphatic carbocycles. The van der Waals surface area contributed by atoms with Gasteiger partial charge in [0.1, 0.15) is 5.02 Å². The van der Waals surface area contributed by atoms with Crippen molar-refractivity contribution in [3.63, 3.8) is 0 Å². The highest BCUT2D eigenvalue weighted by molar-refractivity contribution is 9.10. The number of carbonyl (C=O) groups is 1. The predicted molar refractivity (Wildman–Crippen MR) is 120 cm³/mol. The summed E-state index contributed by atoms with van der Waals surface area (Å²) in [6.45, 7) is 0.898. The first kappa shape index (κ1) is 21.8. The zero-order chi connectivity index (χ0) is 22.5. The van der Waals surface area contributed by atoms with E-state index in [1.54, 1.807) is 0 Å². The lowest BCUT2D eigenvalue weighted by molar-refractivity contribution is -0.120. The maximum absolute atomic E-state index is 13.3. The fraction of sp³-hybridized carbons (Fsp3) is 0.350. The van der Waals surface area contributed by atoms with Crippen molar-refractivity contribution in [2.45, 2.75) is 36.7 Å². The van der Waals surface area contributed by atoms with Gasteiger partial charge in [0.05, 0.1) is 24.4 Å². The Hall–Kier alpha value is -2.05. The second kappa shape index (κ2) is 8.38. The number of ether oxygens (including phenoxy) is 1. The van der Waals surface area contributed by atoms with Gasteiger partial charge in [-0.3, -0.25) is 4.79 Å². The summed E-state index contributed by atoms with van der Waals surface area (Å²) in [5, 5.41) is 3.99. The van der Waals surface area contributed by atoms with Crippen LogP contribution in [0.5, 0.6) is 0 Å². The number of benzene rings is 1. The van der Waals surface area contributed by atoms with Crippen LogP contribution in [-0.2, 0) is 26.2 Å². The van der Waals surface area contributed by atoms with Crippen LogP contribution >= 0.6 is 27.5 Å². The van der Waals surface area contributed by atoms with Crippen LogP contribution in [0.1, 0.15) is 18.4 Å². The molecule has 1 atom stereocenters. The SMILES string of the molecule is O=CC1OCc2cc(Br)ccc2N1C1CCN(S(=O)(=O)c2ncc(Cl)c3oncc23)CC1. The molecular formula is C20H18BrClN4O5S. The number of aromatic nitrogens is 2. The van der Waals surface area contributed by atoms with E-state index in [0.29, 0.717) is 19.4 Å². The van der Waals surface area contributed by atoms with Crippen molar-refractivity contribution >= 4 is 60.5 Å².